The van der Waals surface area contributed by atoms with Gasteiger partial charge in [-0.25, -0.2) is 17.4 Å². The number of carbonyl (C=O) groups is 1. The summed E-state index contributed by atoms with van der Waals surface area (Å²) in [7, 11) is -0.570. The topological polar surface area (TPSA) is 71.4 Å². The normalized spacial score (nSPS) is 11.8. The molecule has 1 aromatic heterocycles. The molecule has 1 amide bonds. The minimum Gasteiger partial charge on any atom is -0.284 e. The maximum absolute atomic E-state index is 13.1. The van der Waals surface area contributed by atoms with E-state index in [1.165, 1.54) is 17.1 Å². The number of aromatic nitrogens is 1. The predicted octanol–water partition coefficient (Wildman–Crippen LogP) is 2.08. The quantitative estimate of drug-likeness (QED) is 0.736. The Morgan fingerprint density at radius 1 is 1.00 bits per heavy atom. The number of para-hydroxylation sites is 1. The highest BCUT2D eigenvalue weighted by atomic mass is 32.2. The Morgan fingerprint density at radius 2 is 1.62 bits per heavy atom. The number of fused-ring (bicyclic) bond motifs is 1. The van der Waals surface area contributed by atoms with Gasteiger partial charge in [-0.3, -0.25) is 10.2 Å². The molecule has 0 aliphatic rings. The summed E-state index contributed by atoms with van der Waals surface area (Å²) >= 11 is 0. The summed E-state index contributed by atoms with van der Waals surface area (Å²) in [6.45, 7) is 0. The van der Waals surface area contributed by atoms with Gasteiger partial charge in [0.2, 0.25) is 0 Å². The minimum atomic E-state index is -3.90. The average molecular weight is 343 g/mol. The zero-order valence-corrected chi connectivity index (χ0v) is 14.1. The molecule has 0 atom stereocenters. The highest BCUT2D eigenvalue weighted by Crippen LogP contribution is 2.25. The maximum Gasteiger partial charge on any atom is 0.283 e. The van der Waals surface area contributed by atoms with Gasteiger partial charge >= 0.3 is 0 Å². The first-order valence-electron chi connectivity index (χ1n) is 7.30. The molecule has 124 valence electrons. The van der Waals surface area contributed by atoms with Gasteiger partial charge in [0.05, 0.1) is 10.4 Å². The number of hydrogen-bond acceptors (Lipinski definition) is 4. The first-order valence-corrected chi connectivity index (χ1v) is 8.74. The third kappa shape index (κ3) is 2.79. The van der Waals surface area contributed by atoms with Crippen LogP contribution in [-0.2, 0) is 10.0 Å². The Balaban J connectivity index is 2.28. The molecule has 0 saturated carbocycles. The number of nitrogens with zero attached hydrogens (tertiary/aromatic N) is 2. The molecule has 24 heavy (non-hydrogen) atoms. The summed E-state index contributed by atoms with van der Waals surface area (Å²) in [6, 6.07) is 16.6. The minimum absolute atomic E-state index is 0.0637. The number of benzene rings is 2. The fourth-order valence-corrected chi connectivity index (χ4v) is 4.04. The van der Waals surface area contributed by atoms with E-state index in [0.29, 0.717) is 10.9 Å². The molecule has 3 rings (SSSR count). The van der Waals surface area contributed by atoms with Crippen LogP contribution in [0.1, 0.15) is 10.5 Å². The van der Waals surface area contributed by atoms with E-state index in [2.05, 4.69) is 5.43 Å². The molecule has 7 heteroatoms. The molecule has 1 N–H and O–H groups in total. The Bertz CT molecular complexity index is 992. The Labute approximate surface area is 140 Å². The number of rotatable bonds is 4. The molecule has 0 aliphatic heterocycles. The second kappa shape index (κ2) is 6.10. The van der Waals surface area contributed by atoms with Crippen LogP contribution in [0.2, 0.25) is 0 Å². The number of carbonyl (C=O) groups excluding carboxylic acids is 1. The van der Waals surface area contributed by atoms with Crippen LogP contribution < -0.4 is 5.43 Å². The van der Waals surface area contributed by atoms with E-state index < -0.39 is 15.9 Å². The van der Waals surface area contributed by atoms with E-state index in [-0.39, 0.29) is 10.6 Å². The van der Waals surface area contributed by atoms with Crippen LogP contribution >= 0.6 is 0 Å². The van der Waals surface area contributed by atoms with Crippen LogP contribution in [0.5, 0.6) is 0 Å². The number of hydrazine groups is 1. The summed E-state index contributed by atoms with van der Waals surface area (Å²) in [5, 5.41) is 2.15. The van der Waals surface area contributed by atoms with Crippen molar-refractivity contribution in [2.45, 2.75) is 4.90 Å². The van der Waals surface area contributed by atoms with Crippen LogP contribution in [0.4, 0.5) is 0 Å². The standard InChI is InChI=1S/C17H17N3O3S/c1-19(2)18-17(21)16-12-13-8-6-7-11-15(13)20(16)24(22,23)14-9-4-3-5-10-14/h3-12H,1-2H3,(H,18,21). The summed E-state index contributed by atoms with van der Waals surface area (Å²) in [4.78, 5) is 12.6. The van der Waals surface area contributed by atoms with Gasteiger partial charge in [-0.1, -0.05) is 36.4 Å². The Hall–Kier alpha value is -2.64. The lowest BCUT2D eigenvalue weighted by atomic mass is 10.2. The van der Waals surface area contributed by atoms with Crippen LogP contribution in [0.3, 0.4) is 0 Å². The first kappa shape index (κ1) is 16.2. The summed E-state index contributed by atoms with van der Waals surface area (Å²) in [6.07, 6.45) is 0. The van der Waals surface area contributed by atoms with Gasteiger partial charge in [-0.05, 0) is 24.3 Å². The van der Waals surface area contributed by atoms with Crippen molar-refractivity contribution in [3.63, 3.8) is 0 Å². The maximum atomic E-state index is 13.1. The predicted molar refractivity (Wildman–Crippen MR) is 92.1 cm³/mol. The SMILES string of the molecule is CN(C)NC(=O)c1cc2ccccc2n1S(=O)(=O)c1ccccc1. The molecule has 0 unspecified atom stereocenters. The van der Waals surface area contributed by atoms with E-state index in [1.807, 2.05) is 0 Å². The molecule has 0 bridgehead atoms. The van der Waals surface area contributed by atoms with Crippen molar-refractivity contribution in [2.24, 2.45) is 0 Å². The lowest BCUT2D eigenvalue weighted by Gasteiger charge is -2.14. The van der Waals surface area contributed by atoms with Crippen molar-refractivity contribution in [1.82, 2.24) is 14.4 Å². The van der Waals surface area contributed by atoms with Crippen molar-refractivity contribution in [1.29, 1.82) is 0 Å². The molecule has 0 aliphatic carbocycles. The van der Waals surface area contributed by atoms with Crippen molar-refractivity contribution in [3.8, 4) is 0 Å². The fourth-order valence-electron chi connectivity index (χ4n) is 2.51. The summed E-state index contributed by atoms with van der Waals surface area (Å²) in [5.41, 5.74) is 3.12. The van der Waals surface area contributed by atoms with Crippen molar-refractivity contribution in [2.75, 3.05) is 14.1 Å². The van der Waals surface area contributed by atoms with Gasteiger partial charge in [0.25, 0.3) is 15.9 Å². The van der Waals surface area contributed by atoms with Gasteiger partial charge < -0.3 is 0 Å². The third-order valence-corrected chi connectivity index (χ3v) is 5.25. The molecule has 0 saturated heterocycles. The average Bonchev–Trinajstić information content (AvgIpc) is 2.95. The van der Waals surface area contributed by atoms with Gasteiger partial charge in [-0.2, -0.15) is 0 Å². The van der Waals surface area contributed by atoms with E-state index in [4.69, 9.17) is 0 Å². The molecule has 0 fully saturated rings. The smallest absolute Gasteiger partial charge is 0.283 e. The molecule has 0 spiro atoms. The van der Waals surface area contributed by atoms with E-state index in [1.54, 1.807) is 62.6 Å². The molecule has 2 aromatic carbocycles. The van der Waals surface area contributed by atoms with E-state index in [9.17, 15) is 13.2 Å². The fraction of sp³-hybridized carbons (Fsp3) is 0.118. The zero-order valence-electron chi connectivity index (χ0n) is 13.3. The first-order chi connectivity index (χ1) is 11.4. The van der Waals surface area contributed by atoms with Crippen molar-refractivity contribution < 1.29 is 13.2 Å². The van der Waals surface area contributed by atoms with E-state index >= 15 is 0 Å². The Morgan fingerprint density at radius 3 is 2.29 bits per heavy atom. The highest BCUT2D eigenvalue weighted by molar-refractivity contribution is 7.90. The van der Waals surface area contributed by atoms with Gasteiger partial charge in [0.1, 0.15) is 5.69 Å². The lowest BCUT2D eigenvalue weighted by Crippen LogP contribution is -2.37. The third-order valence-electron chi connectivity index (χ3n) is 3.51. The lowest BCUT2D eigenvalue weighted by molar-refractivity contribution is 0.0851. The van der Waals surface area contributed by atoms with E-state index in [0.717, 1.165) is 3.97 Å². The molecule has 1 heterocycles. The summed E-state index contributed by atoms with van der Waals surface area (Å²) < 4.78 is 27.3. The monoisotopic (exact) mass is 343 g/mol. The number of hydrogen-bond donors (Lipinski definition) is 1. The number of nitrogens with one attached hydrogen (secondary N) is 1. The Kier molecular flexibility index (Phi) is 4.13. The zero-order chi connectivity index (χ0) is 17.3. The molecular formula is C17H17N3O3S. The van der Waals surface area contributed by atoms with Crippen LogP contribution in [0, 0.1) is 0 Å². The van der Waals surface area contributed by atoms with Crippen molar-refractivity contribution in [3.05, 3.63) is 66.4 Å². The molecule has 6 nitrogen and oxygen atoms in total. The van der Waals surface area contributed by atoms with Gasteiger partial charge in [0.15, 0.2) is 0 Å². The second-order valence-corrected chi connectivity index (χ2v) is 7.29. The van der Waals surface area contributed by atoms with Gasteiger partial charge in [0, 0.05) is 19.5 Å². The molecule has 3 aromatic rings. The second-order valence-electron chi connectivity index (χ2n) is 5.51. The largest absolute Gasteiger partial charge is 0.284 e. The van der Waals surface area contributed by atoms with Crippen LogP contribution in [0.15, 0.2) is 65.6 Å². The van der Waals surface area contributed by atoms with Gasteiger partial charge in [-0.15, -0.1) is 0 Å². The van der Waals surface area contributed by atoms with Crippen LogP contribution in [0.25, 0.3) is 10.9 Å². The number of amides is 1. The molecule has 0 radical (unpaired) electrons. The van der Waals surface area contributed by atoms with Crippen LogP contribution in [-0.4, -0.2) is 37.4 Å². The van der Waals surface area contributed by atoms with Crippen molar-refractivity contribution >= 4 is 26.8 Å². The molecular weight excluding hydrogens is 326 g/mol. The summed E-state index contributed by atoms with van der Waals surface area (Å²) in [5.74, 6) is -0.490. The highest BCUT2D eigenvalue weighted by Gasteiger charge is 2.26.